The maximum atomic E-state index is 7.30. The van der Waals surface area contributed by atoms with Crippen molar-refractivity contribution in [2.45, 2.75) is 0 Å². The summed E-state index contributed by atoms with van der Waals surface area (Å²) in [6.45, 7) is -3.77. The van der Waals surface area contributed by atoms with E-state index in [0.29, 0.717) is 0 Å². The molecular formula is C34H24B2N2O2. The molecule has 0 radical (unpaired) electrons. The molecule has 4 nitrogen and oxygen atoms in total. The molecule has 0 aliphatic carbocycles. The lowest BCUT2D eigenvalue weighted by atomic mass is 9.23. The van der Waals surface area contributed by atoms with Crippen LogP contribution >= 0.6 is 0 Å². The largest absolute Gasteiger partial charge is 0.651 e. The smallest absolute Gasteiger partial charge is 0.508 e. The molecule has 0 amide bonds. The molecule has 6 heteroatoms. The number of hydrogen-bond donors (Lipinski definition) is 0. The summed E-state index contributed by atoms with van der Waals surface area (Å²) in [7, 11) is 0. The van der Waals surface area contributed by atoms with E-state index in [1.165, 1.54) is 0 Å². The molecule has 0 unspecified atom stereocenters. The van der Waals surface area contributed by atoms with Gasteiger partial charge in [0.15, 0.2) is 11.4 Å². The van der Waals surface area contributed by atoms with Crippen LogP contribution in [0.2, 0.25) is 0 Å². The Kier molecular flexibility index (Phi) is 4.22. The van der Waals surface area contributed by atoms with Gasteiger partial charge in [-0.2, -0.15) is 0 Å². The molecule has 0 saturated carbocycles. The first kappa shape index (κ1) is 21.8. The number of benzene rings is 4. The first-order valence-electron chi connectivity index (χ1n) is 13.9. The van der Waals surface area contributed by atoms with Gasteiger partial charge in [-0.3, -0.25) is 0 Å². The number of pyridine rings is 2. The standard InChI is InChI=1S/C34H24B2N2O2/c1-7-21-33-25(13-1)31-19-9-11-23-37(31)35(39-33)27-15-3-5-17-29(27)36(30-18-6-4-16-28(30)35)38-24-12-10-20-32(38)26-14-2-8-22-34(26)40-36/h1-24H. The average Bonchev–Trinajstić information content (AvgIpc) is 3.04. The van der Waals surface area contributed by atoms with E-state index in [1.807, 2.05) is 0 Å². The molecule has 3 aliphatic rings. The predicted molar refractivity (Wildman–Crippen MR) is 159 cm³/mol. The molecule has 40 heavy (non-hydrogen) atoms. The summed E-state index contributed by atoms with van der Waals surface area (Å²) in [5.41, 5.74) is 9.01. The van der Waals surface area contributed by atoms with Crippen molar-refractivity contribution in [2.75, 3.05) is 0 Å². The Balaban J connectivity index is 1.44. The summed E-state index contributed by atoms with van der Waals surface area (Å²) in [4.78, 5) is 0. The van der Waals surface area contributed by atoms with Crippen LogP contribution in [0.4, 0.5) is 0 Å². The van der Waals surface area contributed by atoms with Crippen LogP contribution < -0.4 is 40.1 Å². The third-order valence-corrected chi connectivity index (χ3v) is 9.16. The molecule has 6 aromatic rings. The summed E-state index contributed by atoms with van der Waals surface area (Å²) in [6.07, 6.45) is 4.34. The second kappa shape index (κ2) is 7.73. The maximum absolute atomic E-state index is 7.30. The summed E-state index contributed by atoms with van der Waals surface area (Å²) in [5.74, 6) is 1.79. The maximum Gasteiger partial charge on any atom is 0.508 e. The van der Waals surface area contributed by atoms with Gasteiger partial charge in [0, 0.05) is 12.1 Å². The van der Waals surface area contributed by atoms with Crippen LogP contribution in [-0.4, -0.2) is 13.0 Å². The van der Waals surface area contributed by atoms with Gasteiger partial charge in [-0.05, 0) is 36.4 Å². The summed E-state index contributed by atoms with van der Waals surface area (Å²) in [6, 6.07) is 47.0. The Morgan fingerprint density at radius 3 is 1.15 bits per heavy atom. The van der Waals surface area contributed by atoms with Gasteiger partial charge in [0.2, 0.25) is 0 Å². The van der Waals surface area contributed by atoms with Gasteiger partial charge in [-0.15, -0.1) is 21.9 Å². The van der Waals surface area contributed by atoms with Gasteiger partial charge in [0.1, 0.15) is 12.4 Å². The quantitative estimate of drug-likeness (QED) is 0.292. The Labute approximate surface area is 232 Å². The number of aromatic nitrogens is 2. The Morgan fingerprint density at radius 2 is 0.725 bits per heavy atom. The van der Waals surface area contributed by atoms with Crippen molar-refractivity contribution in [1.29, 1.82) is 0 Å². The second-order valence-corrected chi connectivity index (χ2v) is 11.0. The van der Waals surface area contributed by atoms with Gasteiger partial charge >= 0.3 is 13.0 Å². The van der Waals surface area contributed by atoms with E-state index in [-0.39, 0.29) is 0 Å². The molecule has 0 bridgehead atoms. The molecule has 2 aromatic heterocycles. The van der Waals surface area contributed by atoms with E-state index >= 15 is 0 Å². The highest BCUT2D eigenvalue weighted by Crippen LogP contribution is 2.36. The van der Waals surface area contributed by atoms with E-state index in [4.69, 9.17) is 9.31 Å². The lowest BCUT2D eigenvalue weighted by Gasteiger charge is -2.53. The Morgan fingerprint density at radius 1 is 0.375 bits per heavy atom. The summed E-state index contributed by atoms with van der Waals surface area (Å²) >= 11 is 0. The number of fused-ring (bicyclic) bond motifs is 14. The zero-order valence-electron chi connectivity index (χ0n) is 21.7. The van der Waals surface area contributed by atoms with Crippen molar-refractivity contribution < 1.29 is 18.3 Å². The summed E-state index contributed by atoms with van der Waals surface area (Å²) in [5, 5.41) is 0. The molecule has 4 aromatic carbocycles. The van der Waals surface area contributed by atoms with Gasteiger partial charge in [0.05, 0.1) is 22.6 Å². The van der Waals surface area contributed by atoms with E-state index < -0.39 is 13.0 Å². The SMILES string of the molecule is c1ccc2c(c1)O[B-]1(c3ccccc3[B-]3(Oc4ccccc4-c4cccc[n+]43)c3ccccc31)[n+]1ccccc1-2. The fraction of sp³-hybridized carbons (Fsp3) is 0. The average molecular weight is 514 g/mol. The fourth-order valence-electron chi connectivity index (χ4n) is 7.68. The molecule has 9 rings (SSSR count). The number of para-hydroxylation sites is 2. The van der Waals surface area contributed by atoms with Gasteiger partial charge in [-0.1, -0.05) is 84.9 Å². The van der Waals surface area contributed by atoms with Gasteiger partial charge in [0.25, 0.3) is 0 Å². The van der Waals surface area contributed by atoms with Crippen LogP contribution in [0.1, 0.15) is 0 Å². The zero-order chi connectivity index (χ0) is 26.3. The fourth-order valence-corrected chi connectivity index (χ4v) is 7.68. The third-order valence-electron chi connectivity index (χ3n) is 9.16. The van der Waals surface area contributed by atoms with E-state index in [0.717, 1.165) is 55.9 Å². The molecule has 0 atom stereocenters. The molecule has 0 N–H and O–H groups in total. The van der Waals surface area contributed by atoms with Gasteiger partial charge < -0.3 is 18.3 Å². The van der Waals surface area contributed by atoms with Crippen molar-refractivity contribution in [3.8, 4) is 34.0 Å². The predicted octanol–water partition coefficient (Wildman–Crippen LogP) is 2.90. The zero-order valence-corrected chi connectivity index (χ0v) is 21.7. The van der Waals surface area contributed by atoms with E-state index in [9.17, 15) is 0 Å². The van der Waals surface area contributed by atoms with E-state index in [1.54, 1.807) is 0 Å². The van der Waals surface area contributed by atoms with Crippen LogP contribution in [-0.2, 0) is 0 Å². The van der Waals surface area contributed by atoms with Crippen LogP contribution in [0.15, 0.2) is 146 Å². The van der Waals surface area contributed by atoms with Crippen LogP contribution in [0.5, 0.6) is 11.5 Å². The molecule has 2 spiro atoms. The molecule has 0 fully saturated rings. The molecule has 0 saturated heterocycles. The Bertz CT molecular complexity index is 1820. The highest BCUT2D eigenvalue weighted by molar-refractivity contribution is 7.08. The number of nitrogens with zero attached hydrogens (tertiary/aromatic N) is 2. The minimum Gasteiger partial charge on any atom is -0.651 e. The van der Waals surface area contributed by atoms with Crippen LogP contribution in [0.25, 0.3) is 22.5 Å². The highest BCUT2D eigenvalue weighted by atomic mass is 16.5. The molecular weight excluding hydrogens is 490 g/mol. The number of rotatable bonds is 0. The minimum absolute atomic E-state index is 0.893. The minimum atomic E-state index is -1.88. The molecule has 5 heterocycles. The third kappa shape index (κ3) is 2.54. The first-order valence-corrected chi connectivity index (χ1v) is 13.9. The van der Waals surface area contributed by atoms with Crippen molar-refractivity contribution in [3.63, 3.8) is 0 Å². The second-order valence-electron chi connectivity index (χ2n) is 11.0. The topological polar surface area (TPSA) is 26.2 Å². The van der Waals surface area contributed by atoms with Crippen LogP contribution in [0.3, 0.4) is 0 Å². The monoisotopic (exact) mass is 514 g/mol. The highest BCUT2D eigenvalue weighted by Gasteiger charge is 2.62. The lowest BCUT2D eigenvalue weighted by molar-refractivity contribution is -0.545. The molecule has 188 valence electrons. The van der Waals surface area contributed by atoms with Crippen molar-refractivity contribution >= 4 is 34.8 Å². The number of hydrogen-bond acceptors (Lipinski definition) is 2. The van der Waals surface area contributed by atoms with Crippen molar-refractivity contribution in [1.82, 2.24) is 0 Å². The first-order chi connectivity index (χ1) is 19.8. The van der Waals surface area contributed by atoms with Crippen LogP contribution in [0, 0.1) is 0 Å². The van der Waals surface area contributed by atoms with E-state index in [2.05, 4.69) is 155 Å². The van der Waals surface area contributed by atoms with Crippen molar-refractivity contribution in [3.05, 3.63) is 146 Å². The normalized spacial score (nSPS) is 20.6. The Hall–Kier alpha value is -5.09. The lowest BCUT2D eigenvalue weighted by Crippen LogP contribution is -2.99. The van der Waals surface area contributed by atoms with Gasteiger partial charge in [-0.25, -0.2) is 0 Å². The molecule has 3 aliphatic heterocycles. The summed E-state index contributed by atoms with van der Waals surface area (Å²) < 4.78 is 19.3. The van der Waals surface area contributed by atoms with Crippen molar-refractivity contribution in [2.24, 2.45) is 0 Å².